The van der Waals surface area contributed by atoms with Gasteiger partial charge in [-0.1, -0.05) is 11.6 Å². The first-order valence-electron chi connectivity index (χ1n) is 6.24. The van der Waals surface area contributed by atoms with Crippen LogP contribution >= 0.6 is 11.6 Å². The molecule has 0 N–H and O–H groups in total. The maximum absolute atomic E-state index is 13.0. The van der Waals surface area contributed by atoms with E-state index < -0.39 is 5.82 Å². The Balaban J connectivity index is 2.25. The van der Waals surface area contributed by atoms with Crippen molar-refractivity contribution in [2.75, 3.05) is 0 Å². The highest BCUT2D eigenvalue weighted by Crippen LogP contribution is 2.22. The summed E-state index contributed by atoms with van der Waals surface area (Å²) in [6.45, 7) is 3.86. The van der Waals surface area contributed by atoms with Crippen LogP contribution in [0.2, 0.25) is 5.02 Å². The molecule has 0 atom stereocenters. The quantitative estimate of drug-likeness (QED) is 0.776. The predicted octanol–water partition coefficient (Wildman–Crippen LogP) is 4.50. The molecule has 0 fully saturated rings. The summed E-state index contributed by atoms with van der Waals surface area (Å²) < 4.78 is 18.5. The molecule has 0 aliphatic heterocycles. The zero-order valence-electron chi connectivity index (χ0n) is 11.2. The van der Waals surface area contributed by atoms with Crippen LogP contribution in [0.4, 0.5) is 4.39 Å². The van der Waals surface area contributed by atoms with Crippen LogP contribution in [-0.2, 0) is 0 Å². The second-order valence-electron chi connectivity index (χ2n) is 4.64. The minimum atomic E-state index is -0.466. The van der Waals surface area contributed by atoms with Gasteiger partial charge in [-0.3, -0.25) is 4.79 Å². The molecule has 0 spiro atoms. The topological polar surface area (TPSA) is 26.3 Å². The second kappa shape index (κ2) is 6.06. The Morgan fingerprint density at radius 3 is 2.35 bits per heavy atom. The van der Waals surface area contributed by atoms with Gasteiger partial charge in [-0.25, -0.2) is 4.39 Å². The maximum Gasteiger partial charge on any atom is 0.194 e. The van der Waals surface area contributed by atoms with Gasteiger partial charge < -0.3 is 4.74 Å². The first-order chi connectivity index (χ1) is 9.47. The lowest BCUT2D eigenvalue weighted by atomic mass is 10.0. The molecule has 104 valence electrons. The average Bonchev–Trinajstić information content (AvgIpc) is 2.38. The monoisotopic (exact) mass is 292 g/mol. The van der Waals surface area contributed by atoms with Gasteiger partial charge >= 0.3 is 0 Å². The van der Waals surface area contributed by atoms with E-state index in [0.717, 1.165) is 6.07 Å². The van der Waals surface area contributed by atoms with Crippen molar-refractivity contribution in [2.45, 2.75) is 20.0 Å². The fraction of sp³-hybridized carbons (Fsp3) is 0.188. The molecule has 2 aromatic carbocycles. The standard InChI is InChI=1S/C16H14ClFO2/c1-10(2)20-13-6-3-11(4-7-13)16(19)14-8-5-12(18)9-15(14)17/h3-10H,1-2H3. The van der Waals surface area contributed by atoms with E-state index in [1.165, 1.54) is 12.1 Å². The summed E-state index contributed by atoms with van der Waals surface area (Å²) >= 11 is 5.89. The van der Waals surface area contributed by atoms with Crippen molar-refractivity contribution in [3.05, 3.63) is 64.4 Å². The molecule has 0 aromatic heterocycles. The van der Waals surface area contributed by atoms with Crippen LogP contribution in [0, 0.1) is 5.82 Å². The molecule has 0 radical (unpaired) electrons. The van der Waals surface area contributed by atoms with Gasteiger partial charge in [-0.2, -0.15) is 0 Å². The molecule has 4 heteroatoms. The summed E-state index contributed by atoms with van der Waals surface area (Å²) in [7, 11) is 0. The van der Waals surface area contributed by atoms with Crippen molar-refractivity contribution < 1.29 is 13.9 Å². The third-order valence-electron chi connectivity index (χ3n) is 2.66. The van der Waals surface area contributed by atoms with Crippen LogP contribution in [0.5, 0.6) is 5.75 Å². The van der Waals surface area contributed by atoms with Crippen molar-refractivity contribution in [3.8, 4) is 5.75 Å². The molecule has 20 heavy (non-hydrogen) atoms. The number of hydrogen-bond donors (Lipinski definition) is 0. The van der Waals surface area contributed by atoms with E-state index in [1.807, 2.05) is 13.8 Å². The SMILES string of the molecule is CC(C)Oc1ccc(C(=O)c2ccc(F)cc2Cl)cc1. The van der Waals surface area contributed by atoms with E-state index in [9.17, 15) is 9.18 Å². The zero-order chi connectivity index (χ0) is 14.7. The van der Waals surface area contributed by atoms with Gasteiger partial charge in [-0.05, 0) is 56.3 Å². The van der Waals surface area contributed by atoms with Crippen LogP contribution in [-0.4, -0.2) is 11.9 Å². The molecule has 0 unspecified atom stereocenters. The smallest absolute Gasteiger partial charge is 0.194 e. The minimum absolute atomic E-state index is 0.0723. The highest BCUT2D eigenvalue weighted by Gasteiger charge is 2.13. The van der Waals surface area contributed by atoms with Crippen LogP contribution in [0.25, 0.3) is 0 Å². The Kier molecular flexibility index (Phi) is 4.40. The third kappa shape index (κ3) is 3.36. The molecular formula is C16H14ClFO2. The van der Waals surface area contributed by atoms with Gasteiger partial charge in [0.05, 0.1) is 11.1 Å². The molecule has 0 saturated carbocycles. The number of carbonyl (C=O) groups excluding carboxylic acids is 1. The van der Waals surface area contributed by atoms with Crippen molar-refractivity contribution in [1.82, 2.24) is 0 Å². The summed E-state index contributed by atoms with van der Waals surface area (Å²) in [4.78, 5) is 12.3. The second-order valence-corrected chi connectivity index (χ2v) is 5.05. The highest BCUT2D eigenvalue weighted by atomic mass is 35.5. The van der Waals surface area contributed by atoms with E-state index in [4.69, 9.17) is 16.3 Å². The van der Waals surface area contributed by atoms with Gasteiger partial charge in [0.25, 0.3) is 0 Å². The Hall–Kier alpha value is -1.87. The minimum Gasteiger partial charge on any atom is -0.491 e. The fourth-order valence-electron chi connectivity index (χ4n) is 1.79. The number of carbonyl (C=O) groups is 1. The van der Waals surface area contributed by atoms with Gasteiger partial charge in [0, 0.05) is 11.1 Å². The molecule has 2 aromatic rings. The molecule has 2 rings (SSSR count). The summed E-state index contributed by atoms with van der Waals surface area (Å²) in [5.41, 5.74) is 0.764. The summed E-state index contributed by atoms with van der Waals surface area (Å²) in [5, 5.41) is 0.109. The van der Waals surface area contributed by atoms with Crippen LogP contribution < -0.4 is 4.74 Å². The molecule has 0 amide bonds. The van der Waals surface area contributed by atoms with Gasteiger partial charge in [0.2, 0.25) is 0 Å². The number of halogens is 2. The van der Waals surface area contributed by atoms with Crippen molar-refractivity contribution in [1.29, 1.82) is 0 Å². The Labute approximate surface area is 122 Å². The van der Waals surface area contributed by atoms with E-state index in [0.29, 0.717) is 11.3 Å². The summed E-state index contributed by atoms with van der Waals surface area (Å²) in [6, 6.07) is 10.5. The molecule has 0 aliphatic rings. The van der Waals surface area contributed by atoms with E-state index >= 15 is 0 Å². The Bertz CT molecular complexity index is 621. The highest BCUT2D eigenvalue weighted by molar-refractivity contribution is 6.35. The maximum atomic E-state index is 13.0. The summed E-state index contributed by atoms with van der Waals surface area (Å²) in [6.07, 6.45) is 0.0723. The lowest BCUT2D eigenvalue weighted by Crippen LogP contribution is -2.06. The number of benzene rings is 2. The van der Waals surface area contributed by atoms with E-state index in [1.54, 1.807) is 24.3 Å². The van der Waals surface area contributed by atoms with Crippen LogP contribution in [0.15, 0.2) is 42.5 Å². The largest absolute Gasteiger partial charge is 0.491 e. The van der Waals surface area contributed by atoms with Gasteiger partial charge in [0.1, 0.15) is 11.6 Å². The van der Waals surface area contributed by atoms with E-state index in [2.05, 4.69) is 0 Å². The number of rotatable bonds is 4. The molecule has 0 saturated heterocycles. The van der Waals surface area contributed by atoms with Crippen molar-refractivity contribution in [3.63, 3.8) is 0 Å². The van der Waals surface area contributed by atoms with Crippen molar-refractivity contribution >= 4 is 17.4 Å². The summed E-state index contributed by atoms with van der Waals surface area (Å²) in [5.74, 6) is -0.0138. The number of hydrogen-bond acceptors (Lipinski definition) is 2. The number of ketones is 1. The first-order valence-corrected chi connectivity index (χ1v) is 6.61. The molecule has 2 nitrogen and oxygen atoms in total. The van der Waals surface area contributed by atoms with Gasteiger partial charge in [0.15, 0.2) is 5.78 Å². The number of ether oxygens (including phenoxy) is 1. The van der Waals surface area contributed by atoms with E-state index in [-0.39, 0.29) is 22.5 Å². The predicted molar refractivity (Wildman–Crippen MR) is 77.0 cm³/mol. The lowest BCUT2D eigenvalue weighted by molar-refractivity contribution is 0.103. The molecule has 0 bridgehead atoms. The normalized spacial score (nSPS) is 10.7. The van der Waals surface area contributed by atoms with Crippen LogP contribution in [0.3, 0.4) is 0 Å². The molecular weight excluding hydrogens is 279 g/mol. The van der Waals surface area contributed by atoms with Gasteiger partial charge in [-0.15, -0.1) is 0 Å². The molecule has 0 heterocycles. The average molecular weight is 293 g/mol. The fourth-order valence-corrected chi connectivity index (χ4v) is 2.04. The lowest BCUT2D eigenvalue weighted by Gasteiger charge is -2.10. The Morgan fingerprint density at radius 2 is 1.80 bits per heavy atom. The van der Waals surface area contributed by atoms with Crippen molar-refractivity contribution in [2.24, 2.45) is 0 Å². The van der Waals surface area contributed by atoms with Crippen LogP contribution in [0.1, 0.15) is 29.8 Å². The third-order valence-corrected chi connectivity index (χ3v) is 2.98. The zero-order valence-corrected chi connectivity index (χ0v) is 11.9. The molecule has 0 aliphatic carbocycles. The Morgan fingerprint density at radius 1 is 1.15 bits per heavy atom. The first kappa shape index (κ1) is 14.5.